The molecule has 8 heteroatoms. The minimum absolute atomic E-state index is 0. The van der Waals surface area contributed by atoms with Gasteiger partial charge in [-0.2, -0.15) is 0 Å². The van der Waals surface area contributed by atoms with Gasteiger partial charge < -0.3 is 10.3 Å². The van der Waals surface area contributed by atoms with Crippen molar-refractivity contribution in [2.24, 2.45) is 0 Å². The van der Waals surface area contributed by atoms with Crippen LogP contribution in [0.4, 0.5) is 16.0 Å². The maximum absolute atomic E-state index is 13.1. The Morgan fingerprint density at radius 3 is 2.89 bits per heavy atom. The Hall–Kier alpha value is -0.820. The van der Waals surface area contributed by atoms with E-state index in [1.807, 2.05) is 5.38 Å². The molecule has 1 aromatic carbocycles. The van der Waals surface area contributed by atoms with Gasteiger partial charge in [0.2, 0.25) is 5.95 Å². The Balaban J connectivity index is 0.00000133. The summed E-state index contributed by atoms with van der Waals surface area (Å²) in [6.45, 7) is 0. The van der Waals surface area contributed by atoms with E-state index in [0.29, 0.717) is 16.5 Å². The third-order valence-corrected chi connectivity index (χ3v) is 4.54. The van der Waals surface area contributed by atoms with Crippen LogP contribution in [-0.4, -0.2) is 9.97 Å². The Kier molecular flexibility index (Phi) is 4.35. The molecule has 0 amide bonds. The second kappa shape index (κ2) is 5.66. The second-order valence-corrected chi connectivity index (χ2v) is 6.21. The number of hydrogen-bond donors (Lipinski definition) is 2. The van der Waals surface area contributed by atoms with Gasteiger partial charge in [-0.05, 0) is 28.1 Å². The number of fused-ring (bicyclic) bond motifs is 1. The first-order valence-electron chi connectivity index (χ1n) is 4.98. The van der Waals surface area contributed by atoms with Crippen LogP contribution >= 0.6 is 51.3 Å². The van der Waals surface area contributed by atoms with Crippen molar-refractivity contribution in [2.75, 3.05) is 5.32 Å². The lowest BCUT2D eigenvalue weighted by molar-refractivity contribution is 0.629. The molecule has 0 unspecified atom stereocenters. The number of H-pyrrole nitrogens is 1. The van der Waals surface area contributed by atoms with Crippen LogP contribution in [0.2, 0.25) is 5.02 Å². The van der Waals surface area contributed by atoms with Crippen molar-refractivity contribution in [1.82, 2.24) is 9.97 Å². The quantitative estimate of drug-likeness (QED) is 0.627. The van der Waals surface area contributed by atoms with Crippen LogP contribution in [0, 0.1) is 5.82 Å². The number of imidazole rings is 1. The van der Waals surface area contributed by atoms with E-state index in [2.05, 4.69) is 31.2 Å². The summed E-state index contributed by atoms with van der Waals surface area (Å²) >= 11 is 10.9. The van der Waals surface area contributed by atoms with Crippen LogP contribution in [0.1, 0.15) is 0 Å². The van der Waals surface area contributed by atoms with E-state index in [9.17, 15) is 4.39 Å². The van der Waals surface area contributed by atoms with Gasteiger partial charge in [-0.3, -0.25) is 0 Å². The maximum atomic E-state index is 13.1. The van der Waals surface area contributed by atoms with E-state index in [0.717, 1.165) is 15.0 Å². The number of nitrogens with one attached hydrogen (secondary N) is 2. The largest absolute Gasteiger partial charge is 0.324 e. The average molecular weight is 383 g/mol. The molecule has 100 valence electrons. The molecule has 0 saturated heterocycles. The first-order valence-corrected chi connectivity index (χ1v) is 7.03. The molecule has 0 spiro atoms. The molecule has 0 aliphatic rings. The SMILES string of the molecule is Cl.Fc1ccc2[nH]c(Nc3c(Cl)csc3Br)nc2c1. The molecule has 0 aliphatic heterocycles. The van der Waals surface area contributed by atoms with Gasteiger partial charge >= 0.3 is 0 Å². The zero-order valence-electron chi connectivity index (χ0n) is 9.21. The van der Waals surface area contributed by atoms with E-state index < -0.39 is 0 Å². The minimum Gasteiger partial charge on any atom is -0.324 e. The molecule has 0 radical (unpaired) electrons. The van der Waals surface area contributed by atoms with Gasteiger partial charge in [0.05, 0.1) is 25.5 Å². The van der Waals surface area contributed by atoms with E-state index in [1.54, 1.807) is 6.07 Å². The van der Waals surface area contributed by atoms with E-state index in [4.69, 9.17) is 11.6 Å². The number of halogens is 4. The van der Waals surface area contributed by atoms with Crippen LogP contribution in [0.15, 0.2) is 27.4 Å². The van der Waals surface area contributed by atoms with Gasteiger partial charge in [-0.15, -0.1) is 23.7 Å². The van der Waals surface area contributed by atoms with Gasteiger partial charge in [0.1, 0.15) is 5.82 Å². The number of benzene rings is 1. The first kappa shape index (κ1) is 14.6. The molecule has 19 heavy (non-hydrogen) atoms. The summed E-state index contributed by atoms with van der Waals surface area (Å²) in [5.74, 6) is 0.215. The summed E-state index contributed by atoms with van der Waals surface area (Å²) in [7, 11) is 0. The lowest BCUT2D eigenvalue weighted by atomic mass is 10.3. The Bertz CT molecular complexity index is 708. The highest BCUT2D eigenvalue weighted by atomic mass is 79.9. The molecule has 2 aromatic heterocycles. The van der Waals surface area contributed by atoms with Gasteiger partial charge in [-0.25, -0.2) is 9.37 Å². The highest BCUT2D eigenvalue weighted by molar-refractivity contribution is 9.11. The standard InChI is InChI=1S/C11H6BrClFN3S.ClH/c12-10-9(6(13)4-18-10)17-11-15-7-2-1-5(14)3-8(7)16-11;/h1-4H,(H2,15,16,17);1H. The number of anilines is 2. The Morgan fingerprint density at radius 1 is 1.42 bits per heavy atom. The van der Waals surface area contributed by atoms with Crippen LogP contribution in [0.25, 0.3) is 11.0 Å². The average Bonchev–Trinajstić information content (AvgIpc) is 2.86. The molecular formula is C11H7BrCl2FN3S. The van der Waals surface area contributed by atoms with Gasteiger partial charge in [0.25, 0.3) is 0 Å². The van der Waals surface area contributed by atoms with Crippen molar-refractivity contribution < 1.29 is 4.39 Å². The zero-order valence-corrected chi connectivity index (χ0v) is 13.2. The van der Waals surface area contributed by atoms with Crippen LogP contribution in [0.5, 0.6) is 0 Å². The van der Waals surface area contributed by atoms with Crippen molar-refractivity contribution in [3.05, 3.63) is 38.2 Å². The molecule has 0 fully saturated rings. The van der Waals surface area contributed by atoms with Crippen molar-refractivity contribution in [1.29, 1.82) is 0 Å². The summed E-state index contributed by atoms with van der Waals surface area (Å²) in [6.07, 6.45) is 0. The monoisotopic (exact) mass is 381 g/mol. The highest BCUT2D eigenvalue weighted by Crippen LogP contribution is 2.38. The molecular weight excluding hydrogens is 376 g/mol. The number of thiophene rings is 1. The van der Waals surface area contributed by atoms with Gasteiger partial charge in [0, 0.05) is 11.4 Å². The summed E-state index contributed by atoms with van der Waals surface area (Å²) in [6, 6.07) is 4.41. The van der Waals surface area contributed by atoms with Crippen LogP contribution < -0.4 is 5.32 Å². The molecule has 3 rings (SSSR count). The summed E-state index contributed by atoms with van der Waals surface area (Å²) in [5.41, 5.74) is 2.09. The minimum atomic E-state index is -0.310. The fourth-order valence-electron chi connectivity index (χ4n) is 1.58. The molecule has 0 aliphatic carbocycles. The maximum Gasteiger partial charge on any atom is 0.205 e. The Labute approximate surface area is 131 Å². The molecule has 2 heterocycles. The second-order valence-electron chi connectivity index (χ2n) is 3.60. The van der Waals surface area contributed by atoms with E-state index in [1.165, 1.54) is 23.5 Å². The topological polar surface area (TPSA) is 40.7 Å². The molecule has 0 atom stereocenters. The molecule has 2 N–H and O–H groups in total. The molecule has 3 nitrogen and oxygen atoms in total. The first-order chi connectivity index (χ1) is 8.63. The summed E-state index contributed by atoms with van der Waals surface area (Å²) in [5, 5.41) is 5.50. The van der Waals surface area contributed by atoms with Crippen LogP contribution in [-0.2, 0) is 0 Å². The third kappa shape index (κ3) is 2.86. The Morgan fingerprint density at radius 2 is 2.21 bits per heavy atom. The van der Waals surface area contributed by atoms with Crippen molar-refractivity contribution in [3.63, 3.8) is 0 Å². The smallest absolute Gasteiger partial charge is 0.205 e. The lowest BCUT2D eigenvalue weighted by Crippen LogP contribution is -1.91. The number of nitrogens with zero attached hydrogens (tertiary/aromatic N) is 1. The normalized spacial score (nSPS) is 10.5. The van der Waals surface area contributed by atoms with Gasteiger partial charge in [-0.1, -0.05) is 11.6 Å². The van der Waals surface area contributed by atoms with E-state index in [-0.39, 0.29) is 18.2 Å². The lowest BCUT2D eigenvalue weighted by Gasteiger charge is -2.00. The van der Waals surface area contributed by atoms with Crippen LogP contribution in [0.3, 0.4) is 0 Å². The molecule has 0 saturated carbocycles. The highest BCUT2D eigenvalue weighted by Gasteiger charge is 2.10. The fraction of sp³-hybridized carbons (Fsp3) is 0. The van der Waals surface area contributed by atoms with Crippen molar-refractivity contribution in [2.45, 2.75) is 0 Å². The molecule has 0 bridgehead atoms. The number of hydrogen-bond acceptors (Lipinski definition) is 3. The van der Waals surface area contributed by atoms with Crippen molar-refractivity contribution >= 4 is 73.9 Å². The van der Waals surface area contributed by atoms with Crippen molar-refractivity contribution in [3.8, 4) is 0 Å². The molecule has 3 aromatic rings. The number of aromatic nitrogens is 2. The fourth-order valence-corrected chi connectivity index (χ4v) is 3.22. The predicted molar refractivity (Wildman–Crippen MR) is 83.6 cm³/mol. The summed E-state index contributed by atoms with van der Waals surface area (Å²) < 4.78 is 13.9. The van der Waals surface area contributed by atoms with Gasteiger partial charge in [0.15, 0.2) is 0 Å². The van der Waals surface area contributed by atoms with E-state index >= 15 is 0 Å². The number of rotatable bonds is 2. The third-order valence-electron chi connectivity index (χ3n) is 2.39. The number of aromatic amines is 1. The predicted octanol–water partition coefficient (Wildman–Crippen LogP) is 5.34. The zero-order chi connectivity index (χ0) is 12.7. The summed E-state index contributed by atoms with van der Waals surface area (Å²) in [4.78, 5) is 7.30.